The summed E-state index contributed by atoms with van der Waals surface area (Å²) in [6, 6.07) is 8.30. The number of hydrogen-bond donors (Lipinski definition) is 2. The van der Waals surface area contributed by atoms with Crippen molar-refractivity contribution in [3.05, 3.63) is 30.5 Å². The van der Waals surface area contributed by atoms with Crippen LogP contribution in [0.4, 0.5) is 5.69 Å². The molecule has 1 saturated carbocycles. The molecule has 0 bridgehead atoms. The molecule has 1 aromatic heterocycles. The molecule has 162 valence electrons. The van der Waals surface area contributed by atoms with Gasteiger partial charge in [0.25, 0.3) is 0 Å². The van der Waals surface area contributed by atoms with E-state index in [9.17, 15) is 4.79 Å². The molecule has 1 saturated heterocycles. The number of carbonyl (C=O) groups excluding carboxylic acids is 1. The highest BCUT2D eigenvalue weighted by molar-refractivity contribution is 5.91. The van der Waals surface area contributed by atoms with Gasteiger partial charge in [0.05, 0.1) is 30.5 Å². The van der Waals surface area contributed by atoms with Crippen molar-refractivity contribution in [3.63, 3.8) is 0 Å². The van der Waals surface area contributed by atoms with E-state index in [0.717, 1.165) is 54.6 Å². The number of hydrogen-bond acceptors (Lipinski definition) is 5. The molecule has 2 aliphatic rings. The fourth-order valence-corrected chi connectivity index (χ4v) is 5.05. The Morgan fingerprint density at radius 3 is 2.83 bits per heavy atom. The standard InChI is InChI=1S/C24H34N4O2/c1-18(27-21-16-20(30-2)15-19-10-7-13-25-23(19)21)9-8-14-28-22(29)17-26-24(28)11-5-3-4-6-12-24/h7,10,13,15-16,18,26-27H,3-6,8-9,11-12,14,17H2,1-2H3. The molecule has 2 heterocycles. The third kappa shape index (κ3) is 4.38. The predicted octanol–water partition coefficient (Wildman–Crippen LogP) is 4.31. The lowest BCUT2D eigenvalue weighted by Gasteiger charge is -2.38. The minimum absolute atomic E-state index is 0.0861. The zero-order valence-electron chi connectivity index (χ0n) is 18.2. The van der Waals surface area contributed by atoms with E-state index in [1.807, 2.05) is 24.4 Å². The lowest BCUT2D eigenvalue weighted by Crippen LogP contribution is -2.52. The Balaban J connectivity index is 1.38. The van der Waals surface area contributed by atoms with Crippen LogP contribution < -0.4 is 15.4 Å². The summed E-state index contributed by atoms with van der Waals surface area (Å²) in [5.74, 6) is 1.09. The molecule has 1 spiro atoms. The van der Waals surface area contributed by atoms with E-state index in [-0.39, 0.29) is 17.6 Å². The third-order valence-electron chi connectivity index (χ3n) is 6.65. The Morgan fingerprint density at radius 2 is 2.07 bits per heavy atom. The zero-order valence-corrected chi connectivity index (χ0v) is 18.2. The average Bonchev–Trinajstić information content (AvgIpc) is 2.92. The number of nitrogens with zero attached hydrogens (tertiary/aromatic N) is 2. The minimum atomic E-state index is -0.0861. The van der Waals surface area contributed by atoms with Gasteiger partial charge in [-0.25, -0.2) is 0 Å². The Hall–Kier alpha value is -2.34. The fourth-order valence-electron chi connectivity index (χ4n) is 5.05. The normalized spacial score (nSPS) is 19.8. The van der Waals surface area contributed by atoms with Crippen molar-refractivity contribution in [2.45, 2.75) is 70.0 Å². The van der Waals surface area contributed by atoms with Crippen LogP contribution in [0.1, 0.15) is 58.3 Å². The average molecular weight is 411 g/mol. The van der Waals surface area contributed by atoms with Gasteiger partial charge in [-0.15, -0.1) is 0 Å². The number of rotatable bonds is 7. The molecule has 1 unspecified atom stereocenters. The molecule has 1 aliphatic carbocycles. The first-order valence-electron chi connectivity index (χ1n) is 11.4. The highest BCUT2D eigenvalue weighted by Gasteiger charge is 2.44. The van der Waals surface area contributed by atoms with E-state index in [0.29, 0.717) is 6.54 Å². The van der Waals surface area contributed by atoms with Gasteiger partial charge in [-0.05, 0) is 57.6 Å². The number of pyridine rings is 1. The Kier molecular flexibility index (Phi) is 6.42. The summed E-state index contributed by atoms with van der Waals surface area (Å²) in [5.41, 5.74) is 1.87. The summed E-state index contributed by atoms with van der Waals surface area (Å²) in [4.78, 5) is 19.3. The molecule has 2 N–H and O–H groups in total. The summed E-state index contributed by atoms with van der Waals surface area (Å²) in [6.45, 7) is 3.52. The Morgan fingerprint density at radius 1 is 1.27 bits per heavy atom. The van der Waals surface area contributed by atoms with E-state index in [4.69, 9.17) is 4.74 Å². The highest BCUT2D eigenvalue weighted by Crippen LogP contribution is 2.34. The first kappa shape index (κ1) is 20.9. The van der Waals surface area contributed by atoms with E-state index in [1.54, 1.807) is 7.11 Å². The molecule has 6 nitrogen and oxygen atoms in total. The summed E-state index contributed by atoms with van der Waals surface area (Å²) < 4.78 is 5.46. The van der Waals surface area contributed by atoms with Crippen molar-refractivity contribution in [2.24, 2.45) is 0 Å². The quantitative estimate of drug-likeness (QED) is 0.712. The highest BCUT2D eigenvalue weighted by atomic mass is 16.5. The summed E-state index contributed by atoms with van der Waals surface area (Å²) in [5, 5.41) is 8.24. The third-order valence-corrected chi connectivity index (χ3v) is 6.65. The van der Waals surface area contributed by atoms with Crippen molar-refractivity contribution in [2.75, 3.05) is 25.5 Å². The van der Waals surface area contributed by atoms with Gasteiger partial charge < -0.3 is 15.0 Å². The van der Waals surface area contributed by atoms with Gasteiger partial charge in [0.15, 0.2) is 0 Å². The summed E-state index contributed by atoms with van der Waals surface area (Å²) in [7, 11) is 1.69. The Labute approximate surface area is 179 Å². The van der Waals surface area contributed by atoms with Crippen molar-refractivity contribution < 1.29 is 9.53 Å². The topological polar surface area (TPSA) is 66.5 Å². The molecule has 1 amide bonds. The number of anilines is 1. The SMILES string of the molecule is COc1cc(NC(C)CCCN2C(=O)CNC23CCCCCC3)c2ncccc2c1. The molecule has 4 rings (SSSR count). The van der Waals surface area contributed by atoms with Crippen LogP contribution in [-0.2, 0) is 4.79 Å². The second-order valence-electron chi connectivity index (χ2n) is 8.78. The number of aromatic nitrogens is 1. The smallest absolute Gasteiger partial charge is 0.238 e. The van der Waals surface area contributed by atoms with Crippen molar-refractivity contribution in [3.8, 4) is 5.75 Å². The van der Waals surface area contributed by atoms with Crippen LogP contribution in [0.5, 0.6) is 5.75 Å². The maximum atomic E-state index is 12.6. The molecule has 1 aliphatic heterocycles. The van der Waals surface area contributed by atoms with Crippen LogP contribution in [0.25, 0.3) is 10.9 Å². The summed E-state index contributed by atoms with van der Waals surface area (Å²) >= 11 is 0. The van der Waals surface area contributed by atoms with Gasteiger partial charge in [0, 0.05) is 30.2 Å². The van der Waals surface area contributed by atoms with E-state index >= 15 is 0 Å². The molecule has 6 heteroatoms. The number of methoxy groups -OCH3 is 1. The minimum Gasteiger partial charge on any atom is -0.497 e. The van der Waals surface area contributed by atoms with Crippen molar-refractivity contribution >= 4 is 22.5 Å². The van der Waals surface area contributed by atoms with Gasteiger partial charge >= 0.3 is 0 Å². The van der Waals surface area contributed by atoms with Gasteiger partial charge in [-0.2, -0.15) is 0 Å². The molecular weight excluding hydrogens is 376 g/mol. The summed E-state index contributed by atoms with van der Waals surface area (Å²) in [6.07, 6.45) is 11.0. The van der Waals surface area contributed by atoms with Crippen LogP contribution in [0.2, 0.25) is 0 Å². The first-order valence-corrected chi connectivity index (χ1v) is 11.4. The van der Waals surface area contributed by atoms with Gasteiger partial charge in [-0.1, -0.05) is 18.9 Å². The second kappa shape index (κ2) is 9.21. The zero-order chi connectivity index (χ0) is 21.0. The maximum Gasteiger partial charge on any atom is 0.238 e. The largest absolute Gasteiger partial charge is 0.497 e. The molecule has 1 aromatic carbocycles. The van der Waals surface area contributed by atoms with Crippen molar-refractivity contribution in [1.29, 1.82) is 0 Å². The molecule has 2 fully saturated rings. The van der Waals surface area contributed by atoms with E-state index in [1.165, 1.54) is 25.7 Å². The van der Waals surface area contributed by atoms with Gasteiger partial charge in [0.2, 0.25) is 5.91 Å². The maximum absolute atomic E-state index is 12.6. The predicted molar refractivity (Wildman–Crippen MR) is 121 cm³/mol. The molecule has 2 aromatic rings. The lowest BCUT2D eigenvalue weighted by atomic mass is 9.99. The van der Waals surface area contributed by atoms with Crippen LogP contribution in [0.3, 0.4) is 0 Å². The van der Waals surface area contributed by atoms with Gasteiger partial charge in [-0.3, -0.25) is 15.1 Å². The van der Waals surface area contributed by atoms with Crippen LogP contribution in [-0.4, -0.2) is 47.7 Å². The number of ether oxygens (including phenoxy) is 1. The van der Waals surface area contributed by atoms with Crippen molar-refractivity contribution in [1.82, 2.24) is 15.2 Å². The van der Waals surface area contributed by atoms with Crippen LogP contribution in [0, 0.1) is 0 Å². The van der Waals surface area contributed by atoms with Crippen LogP contribution >= 0.6 is 0 Å². The monoisotopic (exact) mass is 410 g/mol. The molecule has 1 atom stereocenters. The number of fused-ring (bicyclic) bond motifs is 1. The lowest BCUT2D eigenvalue weighted by molar-refractivity contribution is -0.131. The number of amides is 1. The van der Waals surface area contributed by atoms with E-state index in [2.05, 4.69) is 33.5 Å². The first-order chi connectivity index (χ1) is 14.6. The fraction of sp³-hybridized carbons (Fsp3) is 0.583. The second-order valence-corrected chi connectivity index (χ2v) is 8.78. The van der Waals surface area contributed by atoms with Crippen LogP contribution in [0.15, 0.2) is 30.5 Å². The van der Waals surface area contributed by atoms with Gasteiger partial charge in [0.1, 0.15) is 5.75 Å². The Bertz CT molecular complexity index is 877. The molecule has 30 heavy (non-hydrogen) atoms. The molecular formula is C24H34N4O2. The number of nitrogens with one attached hydrogen (secondary N) is 2. The number of carbonyl (C=O) groups is 1. The number of benzene rings is 1. The molecule has 0 radical (unpaired) electrons. The van der Waals surface area contributed by atoms with E-state index < -0.39 is 0 Å².